The molecule has 3 amide bonds. The van der Waals surface area contributed by atoms with E-state index in [0.29, 0.717) is 24.3 Å². The maximum atomic E-state index is 14.4. The van der Waals surface area contributed by atoms with E-state index in [9.17, 15) is 23.8 Å². The topological polar surface area (TPSA) is 116 Å². The summed E-state index contributed by atoms with van der Waals surface area (Å²) >= 11 is 0. The number of nitrogens with zero attached hydrogens (tertiary/aromatic N) is 1. The number of aryl methyl sites for hydroxylation is 1. The van der Waals surface area contributed by atoms with E-state index in [0.717, 1.165) is 29.5 Å². The van der Waals surface area contributed by atoms with Crippen LogP contribution in [0.2, 0.25) is 0 Å². The summed E-state index contributed by atoms with van der Waals surface area (Å²) in [6.45, 7) is 7.19. The van der Waals surface area contributed by atoms with Crippen molar-refractivity contribution < 1.29 is 23.8 Å². The number of rotatable bonds is 16. The lowest BCUT2D eigenvalue weighted by Gasteiger charge is -2.28. The number of anilines is 1. The number of carbonyl (C=O) groups excluding carboxylic acids is 3. The second kappa shape index (κ2) is 17.6. The first-order valence-corrected chi connectivity index (χ1v) is 18.5. The van der Waals surface area contributed by atoms with Gasteiger partial charge in [-0.15, -0.1) is 0 Å². The minimum absolute atomic E-state index is 0.0807. The van der Waals surface area contributed by atoms with Gasteiger partial charge in [0.2, 0.25) is 13.3 Å². The van der Waals surface area contributed by atoms with Gasteiger partial charge in [-0.2, -0.15) is 0 Å². The molecule has 0 aliphatic heterocycles. The third kappa shape index (κ3) is 10.5. The van der Waals surface area contributed by atoms with E-state index in [1.165, 1.54) is 6.07 Å². The molecule has 48 heavy (non-hydrogen) atoms. The van der Waals surface area contributed by atoms with E-state index in [2.05, 4.69) is 10.6 Å². The van der Waals surface area contributed by atoms with Crippen molar-refractivity contribution in [2.24, 2.45) is 5.92 Å². The highest BCUT2D eigenvalue weighted by Crippen LogP contribution is 2.48. The average Bonchev–Trinajstić information content (AvgIpc) is 3.09. The number of hydrogen-bond donors (Lipinski definition) is 3. The molecule has 0 saturated heterocycles. The Morgan fingerprint density at radius 1 is 0.750 bits per heavy atom. The SMILES string of the molecule is CCCN(CCC)C(=O)c1cccc(C(=O)NC(Cc2ccccc2)P(=O)(O)CC(Cc2ccccc2)C(=O)Nc2ccc(C)cc2)c1. The molecule has 3 unspecified atom stereocenters. The monoisotopic (exact) mass is 667 g/mol. The Hall–Kier alpha value is -4.52. The van der Waals surface area contributed by atoms with Crippen LogP contribution < -0.4 is 10.6 Å². The van der Waals surface area contributed by atoms with Crippen LogP contribution in [-0.2, 0) is 22.2 Å². The molecule has 0 spiro atoms. The molecule has 9 heteroatoms. The Morgan fingerprint density at radius 2 is 1.31 bits per heavy atom. The highest BCUT2D eigenvalue weighted by atomic mass is 31.2. The van der Waals surface area contributed by atoms with Crippen LogP contribution in [0, 0.1) is 12.8 Å². The van der Waals surface area contributed by atoms with Crippen molar-refractivity contribution in [1.29, 1.82) is 0 Å². The summed E-state index contributed by atoms with van der Waals surface area (Å²) in [5, 5.41) is 5.74. The predicted octanol–water partition coefficient (Wildman–Crippen LogP) is 7.32. The van der Waals surface area contributed by atoms with Gasteiger partial charge in [-0.05, 0) is 67.6 Å². The van der Waals surface area contributed by atoms with Crippen LogP contribution in [-0.4, -0.2) is 52.5 Å². The van der Waals surface area contributed by atoms with Crippen molar-refractivity contribution in [3.05, 3.63) is 137 Å². The van der Waals surface area contributed by atoms with Gasteiger partial charge in [-0.25, -0.2) is 0 Å². The van der Waals surface area contributed by atoms with Gasteiger partial charge in [-0.3, -0.25) is 18.9 Å². The lowest BCUT2D eigenvalue weighted by atomic mass is 10.00. The van der Waals surface area contributed by atoms with E-state index in [4.69, 9.17) is 0 Å². The van der Waals surface area contributed by atoms with E-state index in [1.807, 2.05) is 93.6 Å². The molecule has 0 aliphatic carbocycles. The molecular formula is C39H46N3O5P. The first-order valence-electron chi connectivity index (χ1n) is 16.6. The molecule has 252 valence electrons. The van der Waals surface area contributed by atoms with Gasteiger partial charge in [0, 0.05) is 42.5 Å². The molecule has 4 aromatic carbocycles. The summed E-state index contributed by atoms with van der Waals surface area (Å²) in [4.78, 5) is 54.2. The van der Waals surface area contributed by atoms with Crippen LogP contribution >= 0.6 is 7.37 Å². The van der Waals surface area contributed by atoms with Crippen LogP contribution in [0.1, 0.15) is 64.1 Å². The van der Waals surface area contributed by atoms with Gasteiger partial charge in [0.25, 0.3) is 11.8 Å². The zero-order valence-corrected chi connectivity index (χ0v) is 28.9. The maximum absolute atomic E-state index is 14.4. The molecule has 4 aromatic rings. The van der Waals surface area contributed by atoms with Gasteiger partial charge >= 0.3 is 0 Å². The molecular weight excluding hydrogens is 621 g/mol. The molecule has 3 atom stereocenters. The number of nitrogens with one attached hydrogen (secondary N) is 2. The Kier molecular flexibility index (Phi) is 13.3. The van der Waals surface area contributed by atoms with Crippen molar-refractivity contribution in [3.8, 4) is 0 Å². The molecule has 3 N–H and O–H groups in total. The standard InChI is InChI=1S/C39H46N3O5P/c1-4-23-42(24-5-2)39(45)33-18-12-17-32(27-33)37(43)41-36(26-31-15-10-7-11-16-31)48(46,47)28-34(25-30-13-8-6-9-14-30)38(44)40-35-21-19-29(3)20-22-35/h6-22,27,34,36H,4-5,23-26,28H2,1-3H3,(H,40,44)(H,41,43)(H,46,47). The molecule has 4 rings (SSSR count). The minimum atomic E-state index is -4.23. The predicted molar refractivity (Wildman–Crippen MR) is 192 cm³/mol. The van der Waals surface area contributed by atoms with E-state index >= 15 is 0 Å². The van der Waals surface area contributed by atoms with Crippen molar-refractivity contribution >= 4 is 30.8 Å². The third-order valence-corrected chi connectivity index (χ3v) is 10.4. The zero-order valence-electron chi connectivity index (χ0n) is 28.0. The summed E-state index contributed by atoms with van der Waals surface area (Å²) in [7, 11) is -4.23. The zero-order chi connectivity index (χ0) is 34.5. The molecule has 0 aliphatic rings. The smallest absolute Gasteiger partial charge is 0.253 e. The van der Waals surface area contributed by atoms with E-state index in [1.54, 1.807) is 35.2 Å². The fraction of sp³-hybridized carbons (Fsp3) is 0.308. The lowest BCUT2D eigenvalue weighted by molar-refractivity contribution is -0.119. The molecule has 0 aromatic heterocycles. The van der Waals surface area contributed by atoms with Gasteiger partial charge in [0.15, 0.2) is 0 Å². The van der Waals surface area contributed by atoms with Crippen molar-refractivity contribution in [3.63, 3.8) is 0 Å². The first-order chi connectivity index (χ1) is 23.1. The Labute approximate surface area is 284 Å². The quantitative estimate of drug-likeness (QED) is 0.108. The molecule has 0 fully saturated rings. The minimum Gasteiger partial charge on any atom is -0.343 e. The van der Waals surface area contributed by atoms with Crippen molar-refractivity contribution in [2.45, 2.75) is 52.2 Å². The van der Waals surface area contributed by atoms with Crippen LogP contribution in [0.5, 0.6) is 0 Å². The highest BCUT2D eigenvalue weighted by Gasteiger charge is 2.37. The molecule has 8 nitrogen and oxygen atoms in total. The molecule has 0 radical (unpaired) electrons. The Bertz CT molecular complexity index is 1690. The highest BCUT2D eigenvalue weighted by molar-refractivity contribution is 7.58. The Balaban J connectivity index is 1.62. The maximum Gasteiger partial charge on any atom is 0.253 e. The summed E-state index contributed by atoms with van der Waals surface area (Å²) in [5.41, 5.74) is 3.85. The van der Waals surface area contributed by atoms with Gasteiger partial charge in [0.05, 0.1) is 5.92 Å². The third-order valence-electron chi connectivity index (χ3n) is 8.20. The fourth-order valence-corrected chi connectivity index (χ4v) is 7.66. The molecule has 0 saturated carbocycles. The van der Waals surface area contributed by atoms with Gasteiger partial charge < -0.3 is 20.4 Å². The van der Waals surface area contributed by atoms with E-state index < -0.39 is 25.0 Å². The normalized spacial score (nSPS) is 13.5. The summed E-state index contributed by atoms with van der Waals surface area (Å²) < 4.78 is 14.4. The number of carbonyl (C=O) groups is 3. The number of amides is 3. The summed E-state index contributed by atoms with van der Waals surface area (Å²) in [5.74, 6) is -3.15. The second-order valence-corrected chi connectivity index (χ2v) is 14.7. The fourth-order valence-electron chi connectivity index (χ4n) is 5.66. The van der Waals surface area contributed by atoms with Crippen LogP contribution in [0.25, 0.3) is 0 Å². The number of hydrogen-bond acceptors (Lipinski definition) is 4. The lowest BCUT2D eigenvalue weighted by Crippen LogP contribution is -2.39. The van der Waals surface area contributed by atoms with Gasteiger partial charge in [-0.1, -0.05) is 98.3 Å². The molecule has 0 heterocycles. The summed E-state index contributed by atoms with van der Waals surface area (Å²) in [6, 6.07) is 32.4. The second-order valence-electron chi connectivity index (χ2n) is 12.2. The van der Waals surface area contributed by atoms with E-state index in [-0.39, 0.29) is 36.4 Å². The van der Waals surface area contributed by atoms with Crippen LogP contribution in [0.4, 0.5) is 5.69 Å². The van der Waals surface area contributed by atoms with Crippen molar-refractivity contribution in [2.75, 3.05) is 24.6 Å². The van der Waals surface area contributed by atoms with Crippen LogP contribution in [0.3, 0.4) is 0 Å². The van der Waals surface area contributed by atoms with Crippen LogP contribution in [0.15, 0.2) is 109 Å². The largest absolute Gasteiger partial charge is 0.343 e. The summed E-state index contributed by atoms with van der Waals surface area (Å²) in [6.07, 6.45) is 1.60. The van der Waals surface area contributed by atoms with Crippen molar-refractivity contribution in [1.82, 2.24) is 10.2 Å². The Morgan fingerprint density at radius 3 is 1.90 bits per heavy atom. The number of benzene rings is 4. The van der Waals surface area contributed by atoms with Gasteiger partial charge in [0.1, 0.15) is 5.78 Å². The molecule has 0 bridgehead atoms. The average molecular weight is 668 g/mol. The first kappa shape index (κ1) is 36.3.